The predicted octanol–water partition coefficient (Wildman–Crippen LogP) is 4.86. The van der Waals surface area contributed by atoms with E-state index in [1.165, 1.54) is 11.8 Å². The summed E-state index contributed by atoms with van der Waals surface area (Å²) in [5, 5.41) is 3.90. The smallest absolute Gasteiger partial charge is 0.264 e. The number of terminal acetylenes is 1. The third-order valence-electron chi connectivity index (χ3n) is 3.56. The normalized spacial score (nSPS) is 16.1. The van der Waals surface area contributed by atoms with E-state index >= 15 is 0 Å². The predicted molar refractivity (Wildman–Crippen MR) is 122 cm³/mol. The van der Waals surface area contributed by atoms with Gasteiger partial charge in [0.15, 0.2) is 16.7 Å². The first-order chi connectivity index (χ1) is 13.5. The maximum atomic E-state index is 12.3. The van der Waals surface area contributed by atoms with Crippen LogP contribution in [0, 0.1) is 15.9 Å². The van der Waals surface area contributed by atoms with E-state index in [0.29, 0.717) is 32.3 Å². The highest BCUT2D eigenvalue weighted by Crippen LogP contribution is 2.36. The van der Waals surface area contributed by atoms with E-state index in [0.717, 1.165) is 9.13 Å². The van der Waals surface area contributed by atoms with Crippen molar-refractivity contribution in [2.24, 2.45) is 4.99 Å². The SMILES string of the molecule is C#CCOc1c(I)cc(/C=C2\SC(=Nc3ccc(Cl)cc3)NC2=O)cc1OC. The lowest BCUT2D eigenvalue weighted by atomic mass is 10.2. The van der Waals surface area contributed by atoms with Crippen LogP contribution in [0.1, 0.15) is 5.56 Å². The number of nitrogens with zero attached hydrogens (tertiary/aromatic N) is 1. The third kappa shape index (κ3) is 5.01. The van der Waals surface area contributed by atoms with E-state index in [1.807, 2.05) is 6.07 Å². The Morgan fingerprint density at radius 1 is 1.36 bits per heavy atom. The van der Waals surface area contributed by atoms with Gasteiger partial charge in [-0.2, -0.15) is 0 Å². The van der Waals surface area contributed by atoms with Gasteiger partial charge in [0, 0.05) is 5.02 Å². The molecule has 1 saturated heterocycles. The zero-order valence-corrected chi connectivity index (χ0v) is 18.4. The molecule has 8 heteroatoms. The number of carbonyl (C=O) groups excluding carboxylic acids is 1. The molecule has 1 heterocycles. The fourth-order valence-corrected chi connectivity index (χ4v) is 4.09. The Morgan fingerprint density at radius 3 is 2.79 bits per heavy atom. The van der Waals surface area contributed by atoms with Crippen LogP contribution in [0.3, 0.4) is 0 Å². The van der Waals surface area contributed by atoms with E-state index in [-0.39, 0.29) is 12.5 Å². The van der Waals surface area contributed by atoms with E-state index in [1.54, 1.807) is 43.5 Å². The Bertz CT molecular complexity index is 1010. The summed E-state index contributed by atoms with van der Waals surface area (Å²) in [6.07, 6.45) is 7.03. The number of thioether (sulfide) groups is 1. The highest BCUT2D eigenvalue weighted by atomic mass is 127. The fraction of sp³-hybridized carbons (Fsp3) is 0.100. The molecular weight excluding hydrogens is 511 g/mol. The van der Waals surface area contributed by atoms with Crippen molar-refractivity contribution in [3.05, 3.63) is 55.5 Å². The van der Waals surface area contributed by atoms with Gasteiger partial charge >= 0.3 is 0 Å². The number of benzene rings is 2. The number of amides is 1. The molecule has 0 bridgehead atoms. The van der Waals surface area contributed by atoms with Gasteiger partial charge in [-0.3, -0.25) is 4.79 Å². The second-order valence-corrected chi connectivity index (χ2v) is 8.11. The maximum absolute atomic E-state index is 12.3. The molecule has 5 nitrogen and oxygen atoms in total. The number of methoxy groups -OCH3 is 1. The summed E-state index contributed by atoms with van der Waals surface area (Å²) in [7, 11) is 1.55. The zero-order valence-electron chi connectivity index (χ0n) is 14.7. The lowest BCUT2D eigenvalue weighted by molar-refractivity contribution is -0.115. The van der Waals surface area contributed by atoms with Crippen molar-refractivity contribution in [2.45, 2.75) is 0 Å². The molecule has 28 heavy (non-hydrogen) atoms. The van der Waals surface area contributed by atoms with Crippen LogP contribution in [-0.4, -0.2) is 24.8 Å². The minimum atomic E-state index is -0.209. The molecule has 0 spiro atoms. The van der Waals surface area contributed by atoms with Gasteiger partial charge in [-0.15, -0.1) is 6.42 Å². The number of ether oxygens (including phenoxy) is 2. The van der Waals surface area contributed by atoms with Crippen molar-refractivity contribution < 1.29 is 14.3 Å². The minimum absolute atomic E-state index is 0.148. The Morgan fingerprint density at radius 2 is 2.11 bits per heavy atom. The van der Waals surface area contributed by atoms with Gasteiger partial charge in [-0.1, -0.05) is 17.5 Å². The summed E-state index contributed by atoms with van der Waals surface area (Å²) >= 11 is 9.29. The molecule has 3 rings (SSSR count). The largest absolute Gasteiger partial charge is 0.493 e. The first kappa shape index (κ1) is 20.6. The highest BCUT2D eigenvalue weighted by Gasteiger charge is 2.24. The summed E-state index contributed by atoms with van der Waals surface area (Å²) in [5.74, 6) is 3.35. The zero-order chi connectivity index (χ0) is 20.1. The first-order valence-corrected chi connectivity index (χ1v) is 10.3. The molecule has 1 N–H and O–H groups in total. The standard InChI is InChI=1S/C20H14ClIN2O3S/c1-3-8-27-18-15(22)9-12(10-16(18)26-2)11-17-19(25)24-20(28-17)23-14-6-4-13(21)5-7-14/h1,4-7,9-11H,8H2,2H3,(H,23,24,25)/b17-11-. The Labute approximate surface area is 185 Å². The van der Waals surface area contributed by atoms with E-state index in [9.17, 15) is 4.79 Å². The van der Waals surface area contributed by atoms with E-state index in [4.69, 9.17) is 27.5 Å². The lowest BCUT2D eigenvalue weighted by Gasteiger charge is -2.12. The average molecular weight is 525 g/mol. The monoisotopic (exact) mass is 524 g/mol. The molecule has 142 valence electrons. The molecule has 2 aromatic rings. The molecule has 0 aromatic heterocycles. The molecule has 0 aliphatic carbocycles. The molecule has 1 aliphatic heterocycles. The summed E-state index contributed by atoms with van der Waals surface area (Å²) in [4.78, 5) is 17.3. The van der Waals surface area contributed by atoms with Crippen LogP contribution in [0.4, 0.5) is 5.69 Å². The molecule has 0 atom stereocenters. The highest BCUT2D eigenvalue weighted by molar-refractivity contribution is 14.1. The van der Waals surface area contributed by atoms with Crippen LogP contribution < -0.4 is 14.8 Å². The number of aliphatic imine (C=N–C) groups is 1. The van der Waals surface area contributed by atoms with Gasteiger partial charge in [-0.25, -0.2) is 4.99 Å². The van der Waals surface area contributed by atoms with Crippen LogP contribution in [0.15, 0.2) is 46.3 Å². The number of amidine groups is 1. The van der Waals surface area contributed by atoms with Crippen molar-refractivity contribution in [3.8, 4) is 23.8 Å². The molecule has 1 fully saturated rings. The van der Waals surface area contributed by atoms with Crippen LogP contribution in [-0.2, 0) is 4.79 Å². The van der Waals surface area contributed by atoms with Crippen LogP contribution in [0.5, 0.6) is 11.5 Å². The Hall–Kier alpha value is -2.15. The molecule has 2 aromatic carbocycles. The average Bonchev–Trinajstić information content (AvgIpc) is 3.01. The van der Waals surface area contributed by atoms with Gasteiger partial charge in [0.2, 0.25) is 0 Å². The van der Waals surface area contributed by atoms with Crippen LogP contribution in [0.25, 0.3) is 6.08 Å². The Kier molecular flexibility index (Phi) is 6.88. The third-order valence-corrected chi connectivity index (χ3v) is 5.52. The Balaban J connectivity index is 1.85. The van der Waals surface area contributed by atoms with Crippen LogP contribution >= 0.6 is 46.0 Å². The first-order valence-electron chi connectivity index (χ1n) is 7.99. The fourth-order valence-electron chi connectivity index (χ4n) is 2.34. The van der Waals surface area contributed by atoms with Crippen molar-refractivity contribution in [2.75, 3.05) is 13.7 Å². The van der Waals surface area contributed by atoms with Crippen molar-refractivity contribution in [3.63, 3.8) is 0 Å². The number of hydrogen-bond acceptors (Lipinski definition) is 5. The van der Waals surface area contributed by atoms with Crippen molar-refractivity contribution in [1.29, 1.82) is 0 Å². The maximum Gasteiger partial charge on any atom is 0.264 e. The summed E-state index contributed by atoms with van der Waals surface area (Å²) < 4.78 is 11.8. The van der Waals surface area contributed by atoms with Crippen molar-refractivity contribution >= 4 is 68.8 Å². The minimum Gasteiger partial charge on any atom is -0.493 e. The lowest BCUT2D eigenvalue weighted by Crippen LogP contribution is -2.19. The molecule has 0 radical (unpaired) electrons. The number of halogens is 2. The van der Waals surface area contributed by atoms with Gasteiger partial charge in [-0.05, 0) is 82.4 Å². The number of nitrogens with one attached hydrogen (secondary N) is 1. The molecule has 1 aliphatic rings. The summed E-state index contributed by atoms with van der Waals surface area (Å²) in [5.41, 5.74) is 1.51. The number of rotatable bonds is 5. The quantitative estimate of drug-likeness (QED) is 0.345. The van der Waals surface area contributed by atoms with Crippen molar-refractivity contribution in [1.82, 2.24) is 5.32 Å². The second kappa shape index (κ2) is 9.37. The topological polar surface area (TPSA) is 59.9 Å². The van der Waals surface area contributed by atoms with Gasteiger partial charge in [0.05, 0.1) is 21.3 Å². The molecule has 0 saturated carbocycles. The second-order valence-electron chi connectivity index (χ2n) is 5.49. The van der Waals surface area contributed by atoms with Crippen LogP contribution in [0.2, 0.25) is 5.02 Å². The number of carbonyl (C=O) groups is 1. The van der Waals surface area contributed by atoms with Gasteiger partial charge in [0.1, 0.15) is 6.61 Å². The molecular formula is C20H14ClIN2O3S. The summed E-state index contributed by atoms with van der Waals surface area (Å²) in [6.45, 7) is 0.148. The van der Waals surface area contributed by atoms with Gasteiger partial charge < -0.3 is 14.8 Å². The summed E-state index contributed by atoms with van der Waals surface area (Å²) in [6, 6.07) is 10.7. The van der Waals surface area contributed by atoms with E-state index < -0.39 is 0 Å². The molecule has 0 unspecified atom stereocenters. The molecule has 1 amide bonds. The number of hydrogen-bond donors (Lipinski definition) is 1. The van der Waals surface area contributed by atoms with E-state index in [2.05, 4.69) is 38.8 Å². The van der Waals surface area contributed by atoms with Gasteiger partial charge in [0.25, 0.3) is 5.91 Å².